The highest BCUT2D eigenvalue weighted by molar-refractivity contribution is 6.03. The van der Waals surface area contributed by atoms with Crippen LogP contribution in [0, 0.1) is 6.08 Å². The molecule has 0 atom stereocenters. The Balaban J connectivity index is 2.20. The molecule has 3 rings (SSSR count). The largest absolute Gasteiger partial charge is 0.398 e. The summed E-state index contributed by atoms with van der Waals surface area (Å²) < 4.78 is 0. The summed E-state index contributed by atoms with van der Waals surface area (Å²) in [6, 6.07) is 3.79. The minimum Gasteiger partial charge on any atom is -0.398 e. The number of amides is 1. The van der Waals surface area contributed by atoms with Crippen molar-refractivity contribution in [1.29, 1.82) is 0 Å². The highest BCUT2D eigenvalue weighted by atomic mass is 16.1. The molecule has 18 heavy (non-hydrogen) atoms. The summed E-state index contributed by atoms with van der Waals surface area (Å²) in [5.41, 5.74) is 10.3. The molecule has 3 nitrogen and oxygen atoms in total. The Labute approximate surface area is 106 Å². The molecule has 0 fully saturated rings. The predicted octanol–water partition coefficient (Wildman–Crippen LogP) is 1.87. The van der Waals surface area contributed by atoms with E-state index < -0.39 is 0 Å². The fraction of sp³-hybridized carbons (Fsp3) is 0.133. The van der Waals surface area contributed by atoms with E-state index in [0.29, 0.717) is 17.8 Å². The zero-order valence-corrected chi connectivity index (χ0v) is 9.86. The summed E-state index contributed by atoms with van der Waals surface area (Å²) in [6.07, 6.45) is 11.6. The van der Waals surface area contributed by atoms with Gasteiger partial charge in [-0.15, -0.1) is 0 Å². The van der Waals surface area contributed by atoms with Crippen LogP contribution >= 0.6 is 0 Å². The van der Waals surface area contributed by atoms with Crippen LogP contribution in [0.15, 0.2) is 36.4 Å². The Morgan fingerprint density at radius 2 is 2.22 bits per heavy atom. The Bertz CT molecular complexity index is 609. The summed E-state index contributed by atoms with van der Waals surface area (Å²) in [5, 5.41) is 2.83. The molecular weight excluding hydrogens is 224 g/mol. The summed E-state index contributed by atoms with van der Waals surface area (Å²) >= 11 is 0. The van der Waals surface area contributed by atoms with E-state index in [2.05, 4.69) is 11.4 Å². The molecule has 0 bridgehead atoms. The molecule has 0 unspecified atom stereocenters. The van der Waals surface area contributed by atoms with Gasteiger partial charge in [-0.2, -0.15) is 0 Å². The fourth-order valence-corrected chi connectivity index (χ4v) is 2.42. The number of allylic oxidation sites excluding steroid dienone is 6. The van der Waals surface area contributed by atoms with Crippen molar-refractivity contribution in [1.82, 2.24) is 5.32 Å². The number of nitrogens with two attached hydrogens (primary N) is 1. The van der Waals surface area contributed by atoms with Crippen molar-refractivity contribution in [2.24, 2.45) is 0 Å². The average Bonchev–Trinajstić information content (AvgIpc) is 2.40. The van der Waals surface area contributed by atoms with Gasteiger partial charge >= 0.3 is 0 Å². The number of nitrogen functional groups attached to an aromatic ring is 1. The number of benzene rings is 1. The van der Waals surface area contributed by atoms with Crippen LogP contribution in [0.25, 0.3) is 5.57 Å². The second-order valence-electron chi connectivity index (χ2n) is 4.35. The van der Waals surface area contributed by atoms with Crippen LogP contribution in [0.4, 0.5) is 5.69 Å². The number of nitrogens with one attached hydrogen (secondary N) is 1. The first-order valence-corrected chi connectivity index (χ1v) is 5.93. The van der Waals surface area contributed by atoms with Crippen LogP contribution < -0.4 is 11.1 Å². The van der Waals surface area contributed by atoms with Crippen LogP contribution in [-0.2, 0) is 6.42 Å². The van der Waals surface area contributed by atoms with E-state index in [9.17, 15) is 4.79 Å². The van der Waals surface area contributed by atoms with Crippen molar-refractivity contribution in [2.75, 3.05) is 12.3 Å². The maximum absolute atomic E-state index is 11.9. The van der Waals surface area contributed by atoms with Crippen molar-refractivity contribution in [3.05, 3.63) is 59.2 Å². The molecule has 0 saturated carbocycles. The second kappa shape index (κ2) is 4.13. The van der Waals surface area contributed by atoms with Gasteiger partial charge < -0.3 is 11.1 Å². The van der Waals surface area contributed by atoms with Crippen molar-refractivity contribution < 1.29 is 4.79 Å². The van der Waals surface area contributed by atoms with Crippen LogP contribution in [0.5, 0.6) is 0 Å². The Morgan fingerprint density at radius 1 is 1.33 bits per heavy atom. The zero-order valence-electron chi connectivity index (χ0n) is 9.86. The highest BCUT2D eigenvalue weighted by Crippen LogP contribution is 2.30. The van der Waals surface area contributed by atoms with Crippen molar-refractivity contribution in [2.45, 2.75) is 6.42 Å². The smallest absolute Gasteiger partial charge is 0.253 e. The summed E-state index contributed by atoms with van der Waals surface area (Å²) in [4.78, 5) is 11.9. The van der Waals surface area contributed by atoms with Gasteiger partial charge in [-0.3, -0.25) is 4.79 Å². The first-order chi connectivity index (χ1) is 8.77. The Hall–Kier alpha value is -2.38. The third kappa shape index (κ3) is 1.62. The first-order valence-electron chi connectivity index (χ1n) is 5.93. The topological polar surface area (TPSA) is 55.1 Å². The lowest BCUT2D eigenvalue weighted by molar-refractivity contribution is 0.0947. The zero-order chi connectivity index (χ0) is 12.5. The van der Waals surface area contributed by atoms with Gasteiger partial charge in [-0.05, 0) is 24.1 Å². The number of fused-ring (bicyclic) bond motifs is 1. The Kier molecular flexibility index (Phi) is 2.47. The van der Waals surface area contributed by atoms with Gasteiger partial charge in [0.15, 0.2) is 0 Å². The number of carbonyl (C=O) groups excluding carboxylic acids is 1. The average molecular weight is 237 g/mol. The molecular formula is C15H13N2O+. The molecule has 0 aromatic heterocycles. The molecule has 3 heteroatoms. The van der Waals surface area contributed by atoms with Crippen LogP contribution in [0.1, 0.15) is 21.5 Å². The molecule has 1 aromatic rings. The molecule has 1 heterocycles. The molecule has 1 aliphatic carbocycles. The maximum Gasteiger partial charge on any atom is 0.253 e. The molecule has 1 aliphatic heterocycles. The van der Waals surface area contributed by atoms with Crippen LogP contribution in [0.3, 0.4) is 0 Å². The quantitative estimate of drug-likeness (QED) is 0.578. The third-order valence-corrected chi connectivity index (χ3v) is 3.26. The van der Waals surface area contributed by atoms with Gasteiger partial charge in [0, 0.05) is 23.9 Å². The predicted molar refractivity (Wildman–Crippen MR) is 71.8 cm³/mol. The molecule has 1 amide bonds. The molecule has 3 N–H and O–H groups in total. The molecule has 0 spiro atoms. The summed E-state index contributed by atoms with van der Waals surface area (Å²) in [7, 11) is 0. The van der Waals surface area contributed by atoms with E-state index >= 15 is 0 Å². The van der Waals surface area contributed by atoms with Gasteiger partial charge in [0.2, 0.25) is 0 Å². The minimum absolute atomic E-state index is 0.0712. The van der Waals surface area contributed by atoms with Gasteiger partial charge in [-0.1, -0.05) is 0 Å². The standard InChI is InChI=1S/C15H12N2O/c16-13-7-6-11(10-4-2-1-3-5-10)12-8-9-17-15(18)14(12)13/h2-7H,8-9H2,(H2-,16,17,18)/p+1. The van der Waals surface area contributed by atoms with Gasteiger partial charge in [-0.25, -0.2) is 0 Å². The van der Waals surface area contributed by atoms with E-state index in [0.717, 1.165) is 23.1 Å². The van der Waals surface area contributed by atoms with Crippen molar-refractivity contribution in [3.8, 4) is 0 Å². The summed E-state index contributed by atoms with van der Waals surface area (Å²) in [5.74, 6) is -0.0712. The lowest BCUT2D eigenvalue weighted by Crippen LogP contribution is -2.33. The molecule has 0 saturated heterocycles. The molecule has 1 aromatic carbocycles. The van der Waals surface area contributed by atoms with E-state index in [1.807, 2.05) is 30.4 Å². The summed E-state index contributed by atoms with van der Waals surface area (Å²) in [6.45, 7) is 0.668. The SMILES string of the molecule is Nc1ccc(C2=CC=[C+]C=C2)c2c1C(=O)NCC2. The van der Waals surface area contributed by atoms with Crippen LogP contribution in [-0.4, -0.2) is 12.5 Å². The van der Waals surface area contributed by atoms with Crippen molar-refractivity contribution >= 4 is 17.2 Å². The Morgan fingerprint density at radius 3 is 3.00 bits per heavy atom. The number of carbonyl (C=O) groups is 1. The van der Waals surface area contributed by atoms with E-state index in [1.54, 1.807) is 6.07 Å². The first kappa shape index (κ1) is 10.8. The van der Waals surface area contributed by atoms with E-state index in [-0.39, 0.29) is 5.91 Å². The number of hydrogen-bond acceptors (Lipinski definition) is 2. The highest BCUT2D eigenvalue weighted by Gasteiger charge is 2.24. The number of hydrogen-bond donors (Lipinski definition) is 2. The van der Waals surface area contributed by atoms with Gasteiger partial charge in [0.05, 0.1) is 23.3 Å². The van der Waals surface area contributed by atoms with Crippen molar-refractivity contribution in [3.63, 3.8) is 0 Å². The normalized spacial score (nSPS) is 16.7. The van der Waals surface area contributed by atoms with E-state index in [4.69, 9.17) is 5.73 Å². The lowest BCUT2D eigenvalue weighted by atomic mass is 9.89. The van der Waals surface area contributed by atoms with Gasteiger partial charge in [0.1, 0.15) is 12.2 Å². The fourth-order valence-electron chi connectivity index (χ4n) is 2.42. The van der Waals surface area contributed by atoms with E-state index in [1.165, 1.54) is 0 Å². The number of rotatable bonds is 1. The molecule has 2 aliphatic rings. The molecule has 0 radical (unpaired) electrons. The monoisotopic (exact) mass is 237 g/mol. The number of anilines is 1. The van der Waals surface area contributed by atoms with Gasteiger partial charge in [0.25, 0.3) is 5.91 Å². The van der Waals surface area contributed by atoms with Crippen LogP contribution in [0.2, 0.25) is 0 Å². The third-order valence-electron chi connectivity index (χ3n) is 3.26. The second-order valence-corrected chi connectivity index (χ2v) is 4.35. The maximum atomic E-state index is 11.9. The lowest BCUT2D eigenvalue weighted by Gasteiger charge is -2.20. The minimum atomic E-state index is -0.0712. The molecule has 88 valence electrons.